The minimum atomic E-state index is 0.296. The zero-order valence-corrected chi connectivity index (χ0v) is 9.91. The summed E-state index contributed by atoms with van der Waals surface area (Å²) in [5.41, 5.74) is 1.53. The Balaban J connectivity index is 2.11. The molecule has 5 heteroatoms. The van der Waals surface area contributed by atoms with Gasteiger partial charge in [-0.25, -0.2) is 4.98 Å². The number of furan rings is 1. The van der Waals surface area contributed by atoms with Gasteiger partial charge in [-0.1, -0.05) is 13.8 Å². The molecular formula is C11H13ClN2O2. The number of aromatic nitrogens is 1. The molecule has 0 atom stereocenters. The van der Waals surface area contributed by atoms with E-state index in [1.54, 1.807) is 12.3 Å². The number of nitrogens with one attached hydrogen (secondary N) is 1. The number of halogens is 1. The van der Waals surface area contributed by atoms with Gasteiger partial charge in [0.2, 0.25) is 11.1 Å². The molecule has 0 saturated heterocycles. The van der Waals surface area contributed by atoms with Crippen LogP contribution < -0.4 is 5.32 Å². The quantitative estimate of drug-likeness (QED) is 0.892. The molecule has 0 fully saturated rings. The predicted molar refractivity (Wildman–Crippen MR) is 61.2 cm³/mol. The van der Waals surface area contributed by atoms with Crippen LogP contribution in [0.5, 0.6) is 0 Å². The second-order valence-electron chi connectivity index (χ2n) is 3.79. The number of rotatable bonds is 4. The smallest absolute Gasteiger partial charge is 0.231 e. The van der Waals surface area contributed by atoms with Crippen LogP contribution in [-0.2, 0) is 6.54 Å². The van der Waals surface area contributed by atoms with Crippen LogP contribution in [0.4, 0.5) is 0 Å². The lowest BCUT2D eigenvalue weighted by atomic mass is 10.3. The molecule has 2 rings (SSSR count). The third-order valence-corrected chi connectivity index (χ3v) is 2.38. The van der Waals surface area contributed by atoms with E-state index in [0.717, 1.165) is 5.69 Å². The second kappa shape index (κ2) is 4.72. The van der Waals surface area contributed by atoms with Crippen molar-refractivity contribution in [1.29, 1.82) is 0 Å². The molecule has 86 valence electrons. The summed E-state index contributed by atoms with van der Waals surface area (Å²) in [6.07, 6.45) is 3.13. The summed E-state index contributed by atoms with van der Waals surface area (Å²) in [5, 5.41) is 3.55. The summed E-state index contributed by atoms with van der Waals surface area (Å²) in [4.78, 5) is 4.31. The Labute approximate surface area is 98.6 Å². The molecule has 0 saturated carbocycles. The third kappa shape index (κ3) is 2.46. The fourth-order valence-corrected chi connectivity index (χ4v) is 1.46. The molecule has 0 aliphatic rings. The molecule has 4 nitrogen and oxygen atoms in total. The highest BCUT2D eigenvalue weighted by Crippen LogP contribution is 2.27. The fraction of sp³-hybridized carbons (Fsp3) is 0.364. The standard InChI is InChI=1S/C11H13ClN2O2/c1-7(2)13-5-8-6-16-11(14-8)9-3-4-15-10(9)12/h3-4,6-7,13H,5H2,1-2H3. The molecule has 1 N–H and O–H groups in total. The van der Waals surface area contributed by atoms with Gasteiger partial charge in [-0.15, -0.1) is 0 Å². The molecule has 16 heavy (non-hydrogen) atoms. The topological polar surface area (TPSA) is 51.2 Å². The molecule has 0 aliphatic carbocycles. The van der Waals surface area contributed by atoms with E-state index in [4.69, 9.17) is 20.4 Å². The number of oxazole rings is 1. The molecule has 2 aromatic heterocycles. The highest BCUT2D eigenvalue weighted by molar-refractivity contribution is 6.31. The Hall–Kier alpha value is -1.26. The SMILES string of the molecule is CC(C)NCc1coc(-c2ccoc2Cl)n1. The summed E-state index contributed by atoms with van der Waals surface area (Å²) in [5.74, 6) is 0.485. The number of nitrogens with zero attached hydrogens (tertiary/aromatic N) is 1. The number of hydrogen-bond donors (Lipinski definition) is 1. The molecule has 0 spiro atoms. The van der Waals surface area contributed by atoms with Crippen molar-refractivity contribution < 1.29 is 8.83 Å². The fourth-order valence-electron chi connectivity index (χ4n) is 1.27. The van der Waals surface area contributed by atoms with Gasteiger partial charge in [0.1, 0.15) is 6.26 Å². The maximum absolute atomic E-state index is 5.83. The van der Waals surface area contributed by atoms with Crippen LogP contribution in [-0.4, -0.2) is 11.0 Å². The second-order valence-corrected chi connectivity index (χ2v) is 4.13. The predicted octanol–water partition coefficient (Wildman–Crippen LogP) is 3.09. The summed E-state index contributed by atoms with van der Waals surface area (Å²) in [6.45, 7) is 4.83. The molecule has 0 aromatic carbocycles. The van der Waals surface area contributed by atoms with Gasteiger partial charge >= 0.3 is 0 Å². The van der Waals surface area contributed by atoms with Gasteiger partial charge in [0.05, 0.1) is 17.5 Å². The largest absolute Gasteiger partial charge is 0.452 e. The van der Waals surface area contributed by atoms with Gasteiger partial charge in [-0.2, -0.15) is 0 Å². The van der Waals surface area contributed by atoms with E-state index in [-0.39, 0.29) is 0 Å². The first kappa shape index (κ1) is 11.2. The van der Waals surface area contributed by atoms with Crippen molar-refractivity contribution >= 4 is 11.6 Å². The van der Waals surface area contributed by atoms with Gasteiger partial charge < -0.3 is 14.2 Å². The van der Waals surface area contributed by atoms with E-state index < -0.39 is 0 Å². The zero-order valence-electron chi connectivity index (χ0n) is 9.16. The summed E-state index contributed by atoms with van der Waals surface area (Å²) >= 11 is 5.83. The van der Waals surface area contributed by atoms with E-state index in [0.29, 0.717) is 29.3 Å². The summed E-state index contributed by atoms with van der Waals surface area (Å²) < 4.78 is 10.3. The Morgan fingerprint density at radius 2 is 2.25 bits per heavy atom. The zero-order chi connectivity index (χ0) is 11.5. The maximum atomic E-state index is 5.83. The monoisotopic (exact) mass is 240 g/mol. The van der Waals surface area contributed by atoms with Crippen molar-refractivity contribution in [2.75, 3.05) is 0 Å². The average Bonchev–Trinajstić information content (AvgIpc) is 2.83. The van der Waals surface area contributed by atoms with Crippen LogP contribution in [0.1, 0.15) is 19.5 Å². The molecule has 0 amide bonds. The summed E-state index contributed by atoms with van der Waals surface area (Å²) in [6, 6.07) is 2.14. The van der Waals surface area contributed by atoms with Crippen molar-refractivity contribution in [1.82, 2.24) is 10.3 Å². The summed E-state index contributed by atoms with van der Waals surface area (Å²) in [7, 11) is 0. The molecule has 2 aromatic rings. The van der Waals surface area contributed by atoms with Gasteiger partial charge in [0.25, 0.3) is 0 Å². The van der Waals surface area contributed by atoms with E-state index in [1.807, 2.05) is 0 Å². The van der Waals surface area contributed by atoms with Crippen LogP contribution in [0.2, 0.25) is 5.22 Å². The first-order valence-corrected chi connectivity index (χ1v) is 5.45. The Morgan fingerprint density at radius 3 is 2.88 bits per heavy atom. The maximum Gasteiger partial charge on any atom is 0.231 e. The molecule has 0 unspecified atom stereocenters. The molecule has 0 bridgehead atoms. The average molecular weight is 241 g/mol. The van der Waals surface area contributed by atoms with Crippen LogP contribution >= 0.6 is 11.6 Å². The van der Waals surface area contributed by atoms with Crippen LogP contribution in [0, 0.1) is 0 Å². The van der Waals surface area contributed by atoms with Crippen molar-refractivity contribution in [2.45, 2.75) is 26.4 Å². The Kier molecular flexibility index (Phi) is 3.31. The van der Waals surface area contributed by atoms with Gasteiger partial charge in [-0.05, 0) is 17.7 Å². The number of hydrogen-bond acceptors (Lipinski definition) is 4. The van der Waals surface area contributed by atoms with Crippen LogP contribution in [0.15, 0.2) is 27.4 Å². The van der Waals surface area contributed by atoms with E-state index in [2.05, 4.69) is 24.1 Å². The highest BCUT2D eigenvalue weighted by Gasteiger charge is 2.12. The Bertz CT molecular complexity index is 462. The minimum Gasteiger partial charge on any atom is -0.452 e. The van der Waals surface area contributed by atoms with Crippen LogP contribution in [0.3, 0.4) is 0 Å². The lowest BCUT2D eigenvalue weighted by Crippen LogP contribution is -2.21. The first-order valence-electron chi connectivity index (χ1n) is 5.08. The molecule has 2 heterocycles. The molecular weight excluding hydrogens is 228 g/mol. The van der Waals surface area contributed by atoms with E-state index >= 15 is 0 Å². The van der Waals surface area contributed by atoms with Crippen molar-refractivity contribution in [3.05, 3.63) is 29.5 Å². The van der Waals surface area contributed by atoms with E-state index in [9.17, 15) is 0 Å². The highest BCUT2D eigenvalue weighted by atomic mass is 35.5. The third-order valence-electron chi connectivity index (χ3n) is 2.09. The minimum absolute atomic E-state index is 0.296. The van der Waals surface area contributed by atoms with Crippen molar-refractivity contribution in [3.8, 4) is 11.5 Å². The van der Waals surface area contributed by atoms with Crippen molar-refractivity contribution in [2.24, 2.45) is 0 Å². The van der Waals surface area contributed by atoms with E-state index in [1.165, 1.54) is 6.26 Å². The molecule has 0 aliphatic heterocycles. The first-order chi connectivity index (χ1) is 7.66. The van der Waals surface area contributed by atoms with Gasteiger partial charge in [0.15, 0.2) is 0 Å². The Morgan fingerprint density at radius 1 is 1.44 bits per heavy atom. The lowest BCUT2D eigenvalue weighted by Gasteiger charge is -2.03. The van der Waals surface area contributed by atoms with Crippen LogP contribution in [0.25, 0.3) is 11.5 Å². The molecule has 0 radical (unpaired) electrons. The van der Waals surface area contributed by atoms with Gasteiger partial charge in [0, 0.05) is 12.6 Å². The lowest BCUT2D eigenvalue weighted by molar-refractivity contribution is 0.553. The van der Waals surface area contributed by atoms with Crippen molar-refractivity contribution in [3.63, 3.8) is 0 Å². The normalized spacial score (nSPS) is 11.2. The van der Waals surface area contributed by atoms with Gasteiger partial charge in [-0.3, -0.25) is 0 Å².